The number of carbonyl (C=O) groups excluding carboxylic acids is 1. The highest BCUT2D eigenvalue weighted by atomic mass is 32.2. The number of benzene rings is 1. The molecule has 118 valence electrons. The van der Waals surface area contributed by atoms with Crippen molar-refractivity contribution >= 4 is 15.9 Å². The van der Waals surface area contributed by atoms with Crippen molar-refractivity contribution in [1.82, 2.24) is 4.72 Å². The second kappa shape index (κ2) is 6.05. The first-order valence-electron chi connectivity index (χ1n) is 6.96. The Morgan fingerprint density at radius 3 is 2.64 bits per heavy atom. The molecule has 7 heteroatoms. The van der Waals surface area contributed by atoms with Gasteiger partial charge in [0.05, 0.1) is 17.2 Å². The molecule has 0 radical (unpaired) electrons. The molecule has 0 bridgehead atoms. The molecule has 5 nitrogen and oxygen atoms in total. The van der Waals surface area contributed by atoms with Crippen LogP contribution in [-0.2, 0) is 14.8 Å². The van der Waals surface area contributed by atoms with E-state index in [1.54, 1.807) is 25.1 Å². The molecule has 2 rings (SSSR count). The normalized spacial score (nSPS) is 17.3. The van der Waals surface area contributed by atoms with Crippen LogP contribution in [0.25, 0.3) is 0 Å². The average molecular weight is 324 g/mol. The van der Waals surface area contributed by atoms with Crippen molar-refractivity contribution in [3.8, 4) is 6.07 Å². The largest absolute Gasteiger partial charge is 0.274 e. The minimum atomic E-state index is -3.84. The van der Waals surface area contributed by atoms with E-state index in [2.05, 4.69) is 0 Å². The van der Waals surface area contributed by atoms with Gasteiger partial charge in [-0.25, -0.2) is 12.8 Å². The third kappa shape index (κ3) is 4.04. The van der Waals surface area contributed by atoms with Gasteiger partial charge in [-0.05, 0) is 30.4 Å². The monoisotopic (exact) mass is 324 g/mol. The molecule has 1 aliphatic rings. The number of amides is 1. The Labute approximate surface area is 129 Å². The van der Waals surface area contributed by atoms with Crippen LogP contribution in [0.1, 0.15) is 37.7 Å². The number of nitriles is 1. The summed E-state index contributed by atoms with van der Waals surface area (Å²) in [5.41, 5.74) is -0.478. The molecule has 1 aromatic carbocycles. The van der Waals surface area contributed by atoms with Crippen molar-refractivity contribution in [2.45, 2.75) is 32.1 Å². The van der Waals surface area contributed by atoms with Gasteiger partial charge in [0.1, 0.15) is 5.82 Å². The van der Waals surface area contributed by atoms with Crippen molar-refractivity contribution in [1.29, 1.82) is 5.26 Å². The molecule has 0 aromatic heterocycles. The third-order valence-corrected chi connectivity index (χ3v) is 5.23. The first kappa shape index (κ1) is 16.4. The van der Waals surface area contributed by atoms with Gasteiger partial charge >= 0.3 is 0 Å². The minimum Gasteiger partial charge on any atom is -0.274 e. The van der Waals surface area contributed by atoms with Crippen LogP contribution < -0.4 is 4.72 Å². The summed E-state index contributed by atoms with van der Waals surface area (Å²) in [6, 6.07) is 8.05. The van der Waals surface area contributed by atoms with E-state index in [1.807, 2.05) is 10.8 Å². The second-order valence-electron chi connectivity index (χ2n) is 5.80. The highest BCUT2D eigenvalue weighted by molar-refractivity contribution is 7.90. The molecule has 0 spiro atoms. The van der Waals surface area contributed by atoms with Gasteiger partial charge in [-0.1, -0.05) is 25.1 Å². The SMILES string of the molecule is CC(CC(=O)NS(=O)(=O)CC1(C#N)CC1)c1ccccc1F. The maximum absolute atomic E-state index is 13.6. The standard InChI is InChI=1S/C15H17FN2O3S/c1-11(12-4-2-3-5-13(12)16)8-14(19)18-22(20,21)10-15(9-17)6-7-15/h2-5,11H,6-8,10H2,1H3,(H,18,19). The molecule has 1 saturated carbocycles. The van der Waals surface area contributed by atoms with Gasteiger partial charge in [0.15, 0.2) is 0 Å². The molecule has 1 aromatic rings. The Kier molecular flexibility index (Phi) is 4.52. The number of carbonyl (C=O) groups is 1. The molecule has 22 heavy (non-hydrogen) atoms. The first-order valence-corrected chi connectivity index (χ1v) is 8.61. The van der Waals surface area contributed by atoms with Gasteiger partial charge in [0.25, 0.3) is 0 Å². The van der Waals surface area contributed by atoms with Crippen LogP contribution in [0.15, 0.2) is 24.3 Å². The quantitative estimate of drug-likeness (QED) is 0.868. The Balaban J connectivity index is 1.95. The van der Waals surface area contributed by atoms with E-state index in [1.165, 1.54) is 6.07 Å². The van der Waals surface area contributed by atoms with Gasteiger partial charge in [0, 0.05) is 6.42 Å². The molecule has 1 atom stereocenters. The number of hydrogen-bond donors (Lipinski definition) is 1. The van der Waals surface area contributed by atoms with Gasteiger partial charge < -0.3 is 0 Å². The number of rotatable bonds is 6. The van der Waals surface area contributed by atoms with Crippen LogP contribution in [0.4, 0.5) is 4.39 Å². The van der Waals surface area contributed by atoms with E-state index in [0.29, 0.717) is 18.4 Å². The number of nitrogens with one attached hydrogen (secondary N) is 1. The Bertz CT molecular complexity index is 721. The topological polar surface area (TPSA) is 87.0 Å². The number of nitrogens with zero attached hydrogens (tertiary/aromatic N) is 1. The smallest absolute Gasteiger partial charge is 0.236 e. The third-order valence-electron chi connectivity index (χ3n) is 3.75. The summed E-state index contributed by atoms with van der Waals surface area (Å²) in [5, 5.41) is 8.91. The Morgan fingerprint density at radius 2 is 2.09 bits per heavy atom. The zero-order valence-electron chi connectivity index (χ0n) is 12.2. The summed E-state index contributed by atoms with van der Waals surface area (Å²) in [7, 11) is -3.84. The lowest BCUT2D eigenvalue weighted by molar-refractivity contribution is -0.119. The number of sulfonamides is 1. The zero-order chi connectivity index (χ0) is 16.4. The summed E-state index contributed by atoms with van der Waals surface area (Å²) >= 11 is 0. The van der Waals surface area contributed by atoms with Crippen LogP contribution in [0.3, 0.4) is 0 Å². The molecule has 0 heterocycles. The van der Waals surface area contributed by atoms with E-state index in [0.717, 1.165) is 0 Å². The van der Waals surface area contributed by atoms with Gasteiger partial charge in [-0.3, -0.25) is 9.52 Å². The molecule has 1 N–H and O–H groups in total. The van der Waals surface area contributed by atoms with Gasteiger partial charge in [-0.15, -0.1) is 0 Å². The van der Waals surface area contributed by atoms with E-state index in [9.17, 15) is 17.6 Å². The highest BCUT2D eigenvalue weighted by Crippen LogP contribution is 2.45. The molecule has 0 aliphatic heterocycles. The summed E-state index contributed by atoms with van der Waals surface area (Å²) in [5.74, 6) is -1.92. The minimum absolute atomic E-state index is 0.139. The van der Waals surface area contributed by atoms with E-state index in [-0.39, 0.29) is 12.2 Å². The lowest BCUT2D eigenvalue weighted by Gasteiger charge is -2.14. The van der Waals surface area contributed by atoms with Crippen LogP contribution in [0, 0.1) is 22.6 Å². The molecular weight excluding hydrogens is 307 g/mol. The van der Waals surface area contributed by atoms with Crippen molar-refractivity contribution < 1.29 is 17.6 Å². The Morgan fingerprint density at radius 1 is 1.45 bits per heavy atom. The van der Waals surface area contributed by atoms with Gasteiger partial charge in [0.2, 0.25) is 15.9 Å². The van der Waals surface area contributed by atoms with Crippen LogP contribution in [-0.4, -0.2) is 20.1 Å². The second-order valence-corrected chi connectivity index (χ2v) is 7.53. The summed E-state index contributed by atoms with van der Waals surface area (Å²) in [6.07, 6.45) is 0.925. The number of hydrogen-bond acceptors (Lipinski definition) is 4. The predicted molar refractivity (Wildman–Crippen MR) is 78.6 cm³/mol. The average Bonchev–Trinajstić information content (AvgIpc) is 3.17. The number of halogens is 1. The Hall–Kier alpha value is -1.94. The van der Waals surface area contributed by atoms with Crippen molar-refractivity contribution in [2.24, 2.45) is 5.41 Å². The van der Waals surface area contributed by atoms with Crippen LogP contribution >= 0.6 is 0 Å². The fourth-order valence-electron chi connectivity index (χ4n) is 2.32. The summed E-state index contributed by atoms with van der Waals surface area (Å²) in [4.78, 5) is 11.9. The predicted octanol–water partition coefficient (Wildman–Crippen LogP) is 2.07. The van der Waals surface area contributed by atoms with Gasteiger partial charge in [-0.2, -0.15) is 5.26 Å². The molecular formula is C15H17FN2O3S. The lowest BCUT2D eigenvalue weighted by atomic mass is 9.97. The summed E-state index contributed by atoms with van der Waals surface area (Å²) < 4.78 is 39.4. The molecule has 1 aliphatic carbocycles. The summed E-state index contributed by atoms with van der Waals surface area (Å²) in [6.45, 7) is 1.66. The molecule has 1 unspecified atom stereocenters. The van der Waals surface area contributed by atoms with Crippen molar-refractivity contribution in [2.75, 3.05) is 5.75 Å². The highest BCUT2D eigenvalue weighted by Gasteiger charge is 2.47. The molecule has 0 saturated heterocycles. The van der Waals surface area contributed by atoms with E-state index >= 15 is 0 Å². The fourth-order valence-corrected chi connectivity index (χ4v) is 3.90. The lowest BCUT2D eigenvalue weighted by Crippen LogP contribution is -2.35. The zero-order valence-corrected chi connectivity index (χ0v) is 13.0. The molecule has 1 fully saturated rings. The van der Waals surface area contributed by atoms with E-state index in [4.69, 9.17) is 5.26 Å². The van der Waals surface area contributed by atoms with Crippen molar-refractivity contribution in [3.63, 3.8) is 0 Å². The van der Waals surface area contributed by atoms with Crippen LogP contribution in [0.2, 0.25) is 0 Å². The van der Waals surface area contributed by atoms with Crippen molar-refractivity contribution in [3.05, 3.63) is 35.6 Å². The first-order chi connectivity index (χ1) is 10.3. The maximum Gasteiger partial charge on any atom is 0.236 e. The van der Waals surface area contributed by atoms with Crippen LogP contribution in [0.5, 0.6) is 0 Å². The van der Waals surface area contributed by atoms with E-state index < -0.39 is 33.1 Å². The molecule has 1 amide bonds. The maximum atomic E-state index is 13.6. The fraction of sp³-hybridized carbons (Fsp3) is 0.467.